The minimum Gasteiger partial charge on any atom is -0.312 e. The Morgan fingerprint density at radius 3 is 2.14 bits per heavy atom. The maximum Gasteiger partial charge on any atom is 0.262 e. The van der Waals surface area contributed by atoms with E-state index in [0.29, 0.717) is 17.1 Å². The lowest BCUT2D eigenvalue weighted by Crippen LogP contribution is -2.30. The van der Waals surface area contributed by atoms with E-state index in [2.05, 4.69) is 4.72 Å². The highest BCUT2D eigenvalue weighted by atomic mass is 32.2. The highest BCUT2D eigenvalue weighted by Gasteiger charge is 2.36. The third-order valence-corrected chi connectivity index (χ3v) is 8.27. The molecule has 0 bridgehead atoms. The normalized spacial score (nSPS) is 16.1. The molecule has 154 valence electrons. The number of amides is 1. The van der Waals surface area contributed by atoms with E-state index < -0.39 is 10.0 Å². The quantitative estimate of drug-likeness (QED) is 0.813. The summed E-state index contributed by atoms with van der Waals surface area (Å²) >= 11 is 0. The van der Waals surface area contributed by atoms with Crippen LogP contribution in [-0.4, -0.2) is 20.9 Å². The molecular weight excluding hydrogens is 384 g/mol. The molecule has 0 radical (unpaired) electrons. The number of benzene rings is 2. The summed E-state index contributed by atoms with van der Waals surface area (Å²) in [6.45, 7) is 10.4. The predicted molar refractivity (Wildman–Crippen MR) is 116 cm³/mol. The van der Waals surface area contributed by atoms with Crippen LogP contribution in [0.5, 0.6) is 0 Å². The largest absolute Gasteiger partial charge is 0.312 e. The van der Waals surface area contributed by atoms with Gasteiger partial charge >= 0.3 is 0 Å². The first-order valence-electron chi connectivity index (χ1n) is 10.2. The van der Waals surface area contributed by atoms with Gasteiger partial charge in [0.2, 0.25) is 5.91 Å². The van der Waals surface area contributed by atoms with Gasteiger partial charge in [0.1, 0.15) is 0 Å². The summed E-state index contributed by atoms with van der Waals surface area (Å²) in [6, 6.07) is 5.49. The molecule has 0 atom stereocenters. The molecule has 1 aliphatic carbocycles. The maximum absolute atomic E-state index is 13.3. The van der Waals surface area contributed by atoms with Crippen molar-refractivity contribution in [1.82, 2.24) is 0 Å². The molecule has 1 saturated carbocycles. The number of hydrogen-bond acceptors (Lipinski definition) is 3. The Bertz CT molecular complexity index is 1100. The highest BCUT2D eigenvalue weighted by Crippen LogP contribution is 2.38. The van der Waals surface area contributed by atoms with Gasteiger partial charge in [-0.1, -0.05) is 0 Å². The Morgan fingerprint density at radius 2 is 1.55 bits per heavy atom. The number of hydrogen-bond donors (Lipinski definition) is 1. The van der Waals surface area contributed by atoms with E-state index in [1.54, 1.807) is 6.07 Å². The van der Waals surface area contributed by atoms with Gasteiger partial charge in [0.25, 0.3) is 10.0 Å². The van der Waals surface area contributed by atoms with E-state index in [0.717, 1.165) is 58.3 Å². The van der Waals surface area contributed by atoms with Crippen molar-refractivity contribution in [3.63, 3.8) is 0 Å². The van der Waals surface area contributed by atoms with E-state index in [1.165, 1.54) is 0 Å². The van der Waals surface area contributed by atoms with Gasteiger partial charge in [-0.3, -0.25) is 9.52 Å². The molecule has 0 saturated heterocycles. The number of carbonyl (C=O) groups excluding carboxylic acids is 1. The Kier molecular flexibility index (Phi) is 4.73. The van der Waals surface area contributed by atoms with Gasteiger partial charge in [-0.2, -0.15) is 0 Å². The number of anilines is 2. The summed E-state index contributed by atoms with van der Waals surface area (Å²) in [6.07, 6.45) is 2.72. The molecule has 5 nitrogen and oxygen atoms in total. The molecule has 1 N–H and O–H groups in total. The second-order valence-corrected chi connectivity index (χ2v) is 10.0. The molecule has 6 heteroatoms. The van der Waals surface area contributed by atoms with Gasteiger partial charge in [0, 0.05) is 23.8 Å². The molecular formula is C23H28N2O3S. The fourth-order valence-electron chi connectivity index (χ4n) is 4.32. The SMILES string of the molecule is Cc1c(C)c(C)c(S(=O)(=O)Nc2ccc3c(c2)CCN3C(=O)C2CC2)c(C)c1C. The van der Waals surface area contributed by atoms with Crippen LogP contribution in [0.3, 0.4) is 0 Å². The number of nitrogens with one attached hydrogen (secondary N) is 1. The minimum atomic E-state index is -3.72. The van der Waals surface area contributed by atoms with Crippen LogP contribution in [0, 0.1) is 40.5 Å². The van der Waals surface area contributed by atoms with Crippen molar-refractivity contribution in [3.05, 3.63) is 51.6 Å². The fraction of sp³-hybridized carbons (Fsp3) is 0.435. The summed E-state index contributed by atoms with van der Waals surface area (Å²) in [5.74, 6) is 0.382. The average molecular weight is 413 g/mol. The third-order valence-electron chi connectivity index (χ3n) is 6.62. The van der Waals surface area contributed by atoms with Crippen LogP contribution in [0.2, 0.25) is 0 Å². The molecule has 2 aromatic carbocycles. The van der Waals surface area contributed by atoms with Crippen molar-refractivity contribution in [1.29, 1.82) is 0 Å². The lowest BCUT2D eigenvalue weighted by molar-refractivity contribution is -0.119. The Hall–Kier alpha value is -2.34. The lowest BCUT2D eigenvalue weighted by atomic mass is 9.95. The first-order valence-corrected chi connectivity index (χ1v) is 11.6. The second kappa shape index (κ2) is 6.87. The zero-order valence-electron chi connectivity index (χ0n) is 17.7. The molecule has 1 aliphatic heterocycles. The minimum absolute atomic E-state index is 0.179. The third kappa shape index (κ3) is 3.33. The molecule has 29 heavy (non-hydrogen) atoms. The molecule has 0 unspecified atom stereocenters. The van der Waals surface area contributed by atoms with Crippen LogP contribution in [0.15, 0.2) is 23.1 Å². The molecule has 1 amide bonds. The van der Waals surface area contributed by atoms with Crippen molar-refractivity contribution < 1.29 is 13.2 Å². The zero-order valence-corrected chi connectivity index (χ0v) is 18.5. The van der Waals surface area contributed by atoms with E-state index in [1.807, 2.05) is 51.7 Å². The molecule has 0 aromatic heterocycles. The number of sulfonamides is 1. The first-order chi connectivity index (χ1) is 13.6. The van der Waals surface area contributed by atoms with Gasteiger partial charge in [-0.15, -0.1) is 0 Å². The van der Waals surface area contributed by atoms with Crippen LogP contribution in [-0.2, 0) is 21.2 Å². The van der Waals surface area contributed by atoms with Crippen LogP contribution >= 0.6 is 0 Å². The van der Waals surface area contributed by atoms with Gasteiger partial charge in [-0.25, -0.2) is 8.42 Å². The van der Waals surface area contributed by atoms with E-state index >= 15 is 0 Å². The monoisotopic (exact) mass is 412 g/mol. The van der Waals surface area contributed by atoms with Crippen molar-refractivity contribution >= 4 is 27.3 Å². The molecule has 1 fully saturated rings. The van der Waals surface area contributed by atoms with E-state index in [-0.39, 0.29) is 11.8 Å². The van der Waals surface area contributed by atoms with Gasteiger partial charge in [0.15, 0.2) is 0 Å². The van der Waals surface area contributed by atoms with Gasteiger partial charge < -0.3 is 4.90 Å². The van der Waals surface area contributed by atoms with Crippen molar-refractivity contribution in [3.8, 4) is 0 Å². The van der Waals surface area contributed by atoms with Crippen LogP contribution in [0.25, 0.3) is 0 Å². The van der Waals surface area contributed by atoms with Gasteiger partial charge in [0.05, 0.1) is 4.90 Å². The summed E-state index contributed by atoms with van der Waals surface area (Å²) in [7, 11) is -3.72. The average Bonchev–Trinajstić information content (AvgIpc) is 3.43. The number of fused-ring (bicyclic) bond motifs is 1. The lowest BCUT2D eigenvalue weighted by Gasteiger charge is -2.20. The van der Waals surface area contributed by atoms with Crippen molar-refractivity contribution in [2.45, 2.75) is 58.8 Å². The zero-order chi connectivity index (χ0) is 21.1. The molecule has 1 heterocycles. The summed E-state index contributed by atoms with van der Waals surface area (Å²) in [5, 5.41) is 0. The number of rotatable bonds is 4. The molecule has 2 aliphatic rings. The Morgan fingerprint density at radius 1 is 0.966 bits per heavy atom. The smallest absolute Gasteiger partial charge is 0.262 e. The molecule has 4 rings (SSSR count). The van der Waals surface area contributed by atoms with Crippen LogP contribution < -0.4 is 9.62 Å². The number of nitrogens with zero attached hydrogens (tertiary/aromatic N) is 1. The summed E-state index contributed by atoms with van der Waals surface area (Å²) in [5.41, 5.74) is 7.22. The van der Waals surface area contributed by atoms with Crippen molar-refractivity contribution in [2.24, 2.45) is 5.92 Å². The Labute approximate surface area is 173 Å². The van der Waals surface area contributed by atoms with Crippen LogP contribution in [0.4, 0.5) is 11.4 Å². The van der Waals surface area contributed by atoms with E-state index in [4.69, 9.17) is 0 Å². The van der Waals surface area contributed by atoms with Crippen molar-refractivity contribution in [2.75, 3.05) is 16.2 Å². The summed E-state index contributed by atoms with van der Waals surface area (Å²) in [4.78, 5) is 14.7. The first kappa shape index (κ1) is 20.0. The van der Waals surface area contributed by atoms with E-state index in [9.17, 15) is 13.2 Å². The predicted octanol–water partition coefficient (Wildman–Crippen LogP) is 4.33. The van der Waals surface area contributed by atoms with Crippen LogP contribution in [0.1, 0.15) is 46.2 Å². The fourth-order valence-corrected chi connectivity index (χ4v) is 5.97. The maximum atomic E-state index is 13.3. The molecule has 2 aromatic rings. The Balaban J connectivity index is 1.66. The topological polar surface area (TPSA) is 66.5 Å². The second-order valence-electron chi connectivity index (χ2n) is 8.42. The molecule has 0 spiro atoms. The van der Waals surface area contributed by atoms with Gasteiger partial charge in [-0.05, 0) is 105 Å². The summed E-state index contributed by atoms with van der Waals surface area (Å²) < 4.78 is 29.3. The highest BCUT2D eigenvalue weighted by molar-refractivity contribution is 7.92. The number of carbonyl (C=O) groups is 1. The standard InChI is InChI=1S/C23H28N2O3S/c1-13-14(2)16(4)22(17(5)15(13)3)29(27,28)24-20-8-9-21-19(12-20)10-11-25(21)23(26)18-6-7-18/h8-9,12,18,24H,6-7,10-11H2,1-5H3.